The quantitative estimate of drug-likeness (QED) is 0.667. The summed E-state index contributed by atoms with van der Waals surface area (Å²) >= 11 is 0. The summed E-state index contributed by atoms with van der Waals surface area (Å²) in [7, 11) is 1.65. The number of carbonyl (C=O) groups is 1. The number of imidazole rings is 1. The van der Waals surface area contributed by atoms with Crippen LogP contribution in [-0.2, 0) is 30.7 Å². The third-order valence-corrected chi connectivity index (χ3v) is 4.85. The lowest BCUT2D eigenvalue weighted by atomic mass is 10.1. The third-order valence-electron chi connectivity index (χ3n) is 4.85. The molecule has 0 saturated heterocycles. The Morgan fingerprint density at radius 1 is 1.29 bits per heavy atom. The largest absolute Gasteiger partial charge is 0.497 e. The molecule has 0 fully saturated rings. The summed E-state index contributed by atoms with van der Waals surface area (Å²) in [5.74, 6) is 1.46. The minimum Gasteiger partial charge on any atom is -0.497 e. The summed E-state index contributed by atoms with van der Waals surface area (Å²) < 4.78 is 5.18. The van der Waals surface area contributed by atoms with Gasteiger partial charge in [-0.2, -0.15) is 0 Å². The van der Waals surface area contributed by atoms with Gasteiger partial charge in [-0.15, -0.1) is 0 Å². The van der Waals surface area contributed by atoms with Crippen molar-refractivity contribution in [3.8, 4) is 5.75 Å². The Labute approximate surface area is 162 Å². The Balaban J connectivity index is 1.41. The van der Waals surface area contributed by atoms with Gasteiger partial charge < -0.3 is 20.4 Å². The smallest absolute Gasteiger partial charge is 0.240 e. The van der Waals surface area contributed by atoms with Gasteiger partial charge in [0.25, 0.3) is 0 Å². The molecule has 144 valence electrons. The lowest BCUT2D eigenvalue weighted by Gasteiger charge is -2.19. The van der Waals surface area contributed by atoms with Gasteiger partial charge in [0.2, 0.25) is 5.91 Å². The number of carbonyl (C=O) groups excluding carboxylic acids is 1. The highest BCUT2D eigenvalue weighted by Crippen LogP contribution is 2.22. The summed E-state index contributed by atoms with van der Waals surface area (Å²) in [6.45, 7) is 0.955. The molecule has 8 nitrogen and oxygen atoms in total. The van der Waals surface area contributed by atoms with Gasteiger partial charge in [0.05, 0.1) is 31.7 Å². The molecule has 8 heteroatoms. The van der Waals surface area contributed by atoms with Crippen molar-refractivity contribution in [1.82, 2.24) is 24.8 Å². The zero-order valence-corrected chi connectivity index (χ0v) is 15.6. The number of amides is 1. The number of ether oxygens (including phenoxy) is 1. The van der Waals surface area contributed by atoms with E-state index in [9.17, 15) is 4.79 Å². The topological polar surface area (TPSA) is 110 Å². The summed E-state index contributed by atoms with van der Waals surface area (Å²) in [6.07, 6.45) is 6.14. The first-order chi connectivity index (χ1) is 13.6. The van der Waals surface area contributed by atoms with Gasteiger partial charge >= 0.3 is 0 Å². The highest BCUT2D eigenvalue weighted by Gasteiger charge is 2.29. The molecule has 0 saturated carbocycles. The van der Waals surface area contributed by atoms with Crippen LogP contribution in [0.2, 0.25) is 0 Å². The molecule has 28 heavy (non-hydrogen) atoms. The Kier molecular flexibility index (Phi) is 5.03. The maximum Gasteiger partial charge on any atom is 0.240 e. The maximum atomic E-state index is 12.7. The van der Waals surface area contributed by atoms with Crippen molar-refractivity contribution in [3.63, 3.8) is 0 Å². The Morgan fingerprint density at radius 2 is 2.11 bits per heavy atom. The first-order valence-corrected chi connectivity index (χ1v) is 9.10. The zero-order chi connectivity index (χ0) is 19.5. The van der Waals surface area contributed by atoms with Crippen LogP contribution in [0.1, 0.15) is 28.3 Å². The number of benzene rings is 1. The van der Waals surface area contributed by atoms with Crippen molar-refractivity contribution in [2.75, 3.05) is 7.11 Å². The van der Waals surface area contributed by atoms with E-state index >= 15 is 0 Å². The number of hydrogen-bond acceptors (Lipinski definition) is 6. The molecule has 1 aliphatic rings. The predicted octanol–water partition coefficient (Wildman–Crippen LogP) is 1.21. The molecular weight excluding hydrogens is 356 g/mol. The number of nitrogens with two attached hydrogens (primary N) is 1. The minimum atomic E-state index is -0.610. The molecule has 0 bridgehead atoms. The number of aromatic nitrogens is 4. The van der Waals surface area contributed by atoms with E-state index in [0.29, 0.717) is 25.9 Å². The first-order valence-electron chi connectivity index (χ1n) is 9.10. The Morgan fingerprint density at radius 3 is 2.82 bits per heavy atom. The van der Waals surface area contributed by atoms with Crippen molar-refractivity contribution >= 4 is 5.91 Å². The van der Waals surface area contributed by atoms with Crippen LogP contribution in [0.25, 0.3) is 0 Å². The van der Waals surface area contributed by atoms with Gasteiger partial charge in [0, 0.05) is 43.0 Å². The zero-order valence-electron chi connectivity index (χ0n) is 15.6. The maximum absolute atomic E-state index is 12.7. The molecule has 1 aliphatic heterocycles. The van der Waals surface area contributed by atoms with Crippen LogP contribution in [0, 0.1) is 0 Å². The molecule has 1 atom stereocenters. The van der Waals surface area contributed by atoms with E-state index in [1.165, 1.54) is 0 Å². The lowest BCUT2D eigenvalue weighted by molar-refractivity contribution is -0.133. The fraction of sp³-hybridized carbons (Fsp3) is 0.300. The molecule has 0 aliphatic carbocycles. The van der Waals surface area contributed by atoms with Gasteiger partial charge in [0.1, 0.15) is 11.6 Å². The molecule has 0 spiro atoms. The van der Waals surface area contributed by atoms with E-state index < -0.39 is 6.04 Å². The van der Waals surface area contributed by atoms with Gasteiger partial charge in [-0.3, -0.25) is 4.79 Å². The van der Waals surface area contributed by atoms with Gasteiger partial charge in [-0.05, 0) is 17.7 Å². The van der Waals surface area contributed by atoms with Crippen LogP contribution in [0.5, 0.6) is 5.75 Å². The van der Waals surface area contributed by atoms with Crippen molar-refractivity contribution in [3.05, 3.63) is 71.3 Å². The number of fused-ring (bicyclic) bond motifs is 1. The van der Waals surface area contributed by atoms with Crippen LogP contribution < -0.4 is 10.5 Å². The molecular formula is C20H22N6O2. The number of aromatic amines is 1. The minimum absolute atomic E-state index is 0.0932. The van der Waals surface area contributed by atoms with Crippen molar-refractivity contribution in [1.29, 1.82) is 0 Å². The van der Waals surface area contributed by atoms with E-state index in [4.69, 9.17) is 10.5 Å². The average molecular weight is 378 g/mol. The second-order valence-corrected chi connectivity index (χ2v) is 6.86. The average Bonchev–Trinajstić information content (AvgIpc) is 3.37. The lowest BCUT2D eigenvalue weighted by Crippen LogP contribution is -2.42. The molecule has 1 aromatic carbocycles. The monoisotopic (exact) mass is 378 g/mol. The first kappa shape index (κ1) is 18.1. The molecule has 0 radical (unpaired) electrons. The fourth-order valence-electron chi connectivity index (χ4n) is 3.32. The SMILES string of the molecule is COc1ccc(Cc2ncc3c(n2)CN(C(=O)[C@@H](N)Cc2cnc[nH]2)C3)cc1. The summed E-state index contributed by atoms with van der Waals surface area (Å²) in [4.78, 5) is 30.5. The predicted molar refractivity (Wildman–Crippen MR) is 102 cm³/mol. The molecule has 2 aromatic heterocycles. The highest BCUT2D eigenvalue weighted by atomic mass is 16.5. The van der Waals surface area contributed by atoms with Gasteiger partial charge in [0.15, 0.2) is 0 Å². The highest BCUT2D eigenvalue weighted by molar-refractivity contribution is 5.82. The molecule has 4 rings (SSSR count). The van der Waals surface area contributed by atoms with Crippen molar-refractivity contribution in [2.45, 2.75) is 32.0 Å². The van der Waals surface area contributed by atoms with E-state index in [0.717, 1.165) is 34.1 Å². The summed E-state index contributed by atoms with van der Waals surface area (Å²) in [5.41, 5.74) is 9.91. The number of rotatable bonds is 6. The van der Waals surface area contributed by atoms with Gasteiger partial charge in [-0.1, -0.05) is 12.1 Å². The Bertz CT molecular complexity index is 955. The molecule has 3 N–H and O–H groups in total. The normalized spacial score (nSPS) is 14.0. The second kappa shape index (κ2) is 7.77. The summed E-state index contributed by atoms with van der Waals surface area (Å²) in [6, 6.07) is 7.23. The summed E-state index contributed by atoms with van der Waals surface area (Å²) in [5, 5.41) is 0. The molecule has 3 heterocycles. The number of nitrogens with zero attached hydrogens (tertiary/aromatic N) is 4. The van der Waals surface area contributed by atoms with Crippen LogP contribution in [0.4, 0.5) is 0 Å². The van der Waals surface area contributed by atoms with E-state index in [1.54, 1.807) is 24.5 Å². The van der Waals surface area contributed by atoms with E-state index in [2.05, 4.69) is 19.9 Å². The van der Waals surface area contributed by atoms with Crippen LogP contribution in [0.3, 0.4) is 0 Å². The van der Waals surface area contributed by atoms with Crippen molar-refractivity contribution in [2.24, 2.45) is 5.73 Å². The number of methoxy groups -OCH3 is 1. The molecule has 0 unspecified atom stereocenters. The molecule has 1 amide bonds. The van der Waals surface area contributed by atoms with E-state index in [1.807, 2.05) is 30.5 Å². The van der Waals surface area contributed by atoms with Crippen LogP contribution >= 0.6 is 0 Å². The second-order valence-electron chi connectivity index (χ2n) is 6.86. The number of hydrogen-bond donors (Lipinski definition) is 2. The number of nitrogens with one attached hydrogen (secondary N) is 1. The Hall–Kier alpha value is -3.26. The fourth-order valence-corrected chi connectivity index (χ4v) is 3.32. The van der Waals surface area contributed by atoms with Crippen LogP contribution in [0.15, 0.2) is 43.0 Å². The standard InChI is InChI=1S/C20H22N6O2/c1-28-16-4-2-13(3-5-16)6-19-23-8-14-10-26(11-18(14)25-19)20(27)17(21)7-15-9-22-12-24-15/h2-5,8-9,12,17H,6-7,10-11,21H2,1H3,(H,22,24)/t17-/m0/s1. The third kappa shape index (κ3) is 3.86. The van der Waals surface area contributed by atoms with Gasteiger partial charge in [-0.25, -0.2) is 15.0 Å². The van der Waals surface area contributed by atoms with E-state index in [-0.39, 0.29) is 5.91 Å². The van der Waals surface area contributed by atoms with Crippen LogP contribution in [-0.4, -0.2) is 43.9 Å². The molecule has 3 aromatic rings. The van der Waals surface area contributed by atoms with Crippen molar-refractivity contribution < 1.29 is 9.53 Å². The number of H-pyrrole nitrogens is 1.